The van der Waals surface area contributed by atoms with E-state index in [0.717, 1.165) is 4.47 Å². The summed E-state index contributed by atoms with van der Waals surface area (Å²) in [6.45, 7) is 0. The van der Waals surface area contributed by atoms with Crippen LogP contribution in [0, 0.1) is 10.1 Å². The molecule has 1 aromatic heterocycles. The lowest BCUT2D eigenvalue weighted by molar-refractivity contribution is -0.390. The molecule has 0 fully saturated rings. The van der Waals surface area contributed by atoms with Crippen LogP contribution in [0.15, 0.2) is 29.0 Å². The first-order valence-corrected chi connectivity index (χ1v) is 5.94. The molecule has 0 bridgehead atoms. The summed E-state index contributed by atoms with van der Waals surface area (Å²) in [4.78, 5) is 13.8. The first-order chi connectivity index (χ1) is 8.49. The molecule has 0 aliphatic heterocycles. The SMILES string of the molecule is Cn1cnc([N+](=O)[O-])c1Oc1cc(Br)ccc1Cl. The lowest BCUT2D eigenvalue weighted by atomic mass is 10.3. The molecule has 2 aromatic rings. The fraction of sp³-hybridized carbons (Fsp3) is 0.100. The van der Waals surface area contributed by atoms with E-state index in [4.69, 9.17) is 16.3 Å². The van der Waals surface area contributed by atoms with Gasteiger partial charge in [0.05, 0.1) is 5.02 Å². The van der Waals surface area contributed by atoms with Gasteiger partial charge in [-0.25, -0.2) is 0 Å². The van der Waals surface area contributed by atoms with Gasteiger partial charge in [-0.05, 0) is 28.1 Å². The summed E-state index contributed by atoms with van der Waals surface area (Å²) in [5.74, 6) is -0.00807. The van der Waals surface area contributed by atoms with Gasteiger partial charge in [-0.1, -0.05) is 27.5 Å². The molecule has 2 rings (SSSR count). The molecule has 0 aliphatic rings. The van der Waals surface area contributed by atoms with Crippen LogP contribution < -0.4 is 4.74 Å². The van der Waals surface area contributed by atoms with Crippen LogP contribution >= 0.6 is 27.5 Å². The number of nitro groups is 1. The molecule has 0 saturated heterocycles. The van der Waals surface area contributed by atoms with Crippen LogP contribution in [0.5, 0.6) is 11.6 Å². The largest absolute Gasteiger partial charge is 0.432 e. The van der Waals surface area contributed by atoms with E-state index in [1.54, 1.807) is 25.2 Å². The fourth-order valence-electron chi connectivity index (χ4n) is 1.31. The zero-order chi connectivity index (χ0) is 13.3. The molecule has 18 heavy (non-hydrogen) atoms. The smallest absolute Gasteiger partial charge is 0.427 e. The Kier molecular flexibility index (Phi) is 3.53. The van der Waals surface area contributed by atoms with Crippen molar-refractivity contribution in [3.63, 3.8) is 0 Å². The van der Waals surface area contributed by atoms with Crippen LogP contribution in [0.1, 0.15) is 0 Å². The predicted molar refractivity (Wildman–Crippen MR) is 69.1 cm³/mol. The molecule has 94 valence electrons. The van der Waals surface area contributed by atoms with Gasteiger partial charge in [0.2, 0.25) is 6.33 Å². The lowest BCUT2D eigenvalue weighted by Crippen LogP contribution is -1.96. The molecule has 0 spiro atoms. The van der Waals surface area contributed by atoms with E-state index in [-0.39, 0.29) is 11.7 Å². The summed E-state index contributed by atoms with van der Waals surface area (Å²) in [6, 6.07) is 5.00. The van der Waals surface area contributed by atoms with Gasteiger partial charge in [0.25, 0.3) is 0 Å². The Morgan fingerprint density at radius 1 is 1.56 bits per heavy atom. The van der Waals surface area contributed by atoms with Gasteiger partial charge in [-0.15, -0.1) is 0 Å². The van der Waals surface area contributed by atoms with Crippen molar-refractivity contribution in [2.24, 2.45) is 7.05 Å². The summed E-state index contributed by atoms with van der Waals surface area (Å²) in [5.41, 5.74) is 0. The normalized spacial score (nSPS) is 10.4. The van der Waals surface area contributed by atoms with Crippen molar-refractivity contribution >= 4 is 33.3 Å². The Balaban J connectivity index is 2.42. The third kappa shape index (κ3) is 2.46. The van der Waals surface area contributed by atoms with Crippen LogP contribution in [0.3, 0.4) is 0 Å². The van der Waals surface area contributed by atoms with Crippen LogP contribution in [0.2, 0.25) is 5.02 Å². The number of rotatable bonds is 3. The van der Waals surface area contributed by atoms with E-state index in [0.29, 0.717) is 10.8 Å². The minimum atomic E-state index is -0.610. The molecule has 0 unspecified atom stereocenters. The Morgan fingerprint density at radius 2 is 2.28 bits per heavy atom. The summed E-state index contributed by atoms with van der Waals surface area (Å²) in [6.07, 6.45) is 1.30. The minimum absolute atomic E-state index is 0.0278. The number of halogens is 2. The van der Waals surface area contributed by atoms with Crippen LogP contribution in [0.4, 0.5) is 5.82 Å². The van der Waals surface area contributed by atoms with E-state index >= 15 is 0 Å². The van der Waals surface area contributed by atoms with Crippen molar-refractivity contribution in [1.82, 2.24) is 9.55 Å². The zero-order valence-electron chi connectivity index (χ0n) is 9.13. The number of benzene rings is 1. The Morgan fingerprint density at radius 3 is 2.94 bits per heavy atom. The average molecular weight is 333 g/mol. The van der Waals surface area contributed by atoms with E-state index < -0.39 is 4.92 Å². The third-order valence-corrected chi connectivity index (χ3v) is 2.94. The number of aryl methyl sites for hydroxylation is 1. The second kappa shape index (κ2) is 4.95. The summed E-state index contributed by atoms with van der Waals surface area (Å²) in [7, 11) is 1.60. The molecule has 0 aliphatic carbocycles. The molecule has 8 heteroatoms. The monoisotopic (exact) mass is 331 g/mol. The topological polar surface area (TPSA) is 70.2 Å². The second-order valence-corrected chi connectivity index (χ2v) is 4.74. The van der Waals surface area contributed by atoms with Crippen molar-refractivity contribution in [3.8, 4) is 11.6 Å². The molecule has 0 saturated carbocycles. The number of nitrogens with zero attached hydrogens (tertiary/aromatic N) is 3. The minimum Gasteiger partial charge on any atom is -0.432 e. The molecule has 1 heterocycles. The summed E-state index contributed by atoms with van der Waals surface area (Å²) >= 11 is 9.22. The predicted octanol–water partition coefficient (Wildman–Crippen LogP) is 3.54. The van der Waals surface area contributed by atoms with Crippen molar-refractivity contribution < 1.29 is 9.66 Å². The van der Waals surface area contributed by atoms with Gasteiger partial charge in [0, 0.05) is 11.5 Å². The third-order valence-electron chi connectivity index (χ3n) is 2.14. The van der Waals surface area contributed by atoms with Crippen LogP contribution in [0.25, 0.3) is 0 Å². The maximum atomic E-state index is 10.8. The van der Waals surface area contributed by atoms with Crippen molar-refractivity contribution in [2.75, 3.05) is 0 Å². The van der Waals surface area contributed by atoms with Gasteiger partial charge in [-0.3, -0.25) is 4.57 Å². The Bertz CT molecular complexity index is 614. The van der Waals surface area contributed by atoms with Gasteiger partial charge in [0.15, 0.2) is 0 Å². The first-order valence-electron chi connectivity index (χ1n) is 4.77. The van der Waals surface area contributed by atoms with Gasteiger partial charge < -0.3 is 14.9 Å². The molecular formula is C10H7BrClN3O3. The van der Waals surface area contributed by atoms with Gasteiger partial charge >= 0.3 is 11.7 Å². The molecule has 6 nitrogen and oxygen atoms in total. The molecule has 1 aromatic carbocycles. The number of hydrogen-bond acceptors (Lipinski definition) is 4. The highest BCUT2D eigenvalue weighted by molar-refractivity contribution is 9.10. The van der Waals surface area contributed by atoms with Crippen molar-refractivity contribution in [2.45, 2.75) is 0 Å². The number of ether oxygens (including phenoxy) is 1. The van der Waals surface area contributed by atoms with Gasteiger partial charge in [0.1, 0.15) is 5.75 Å². The molecule has 0 atom stereocenters. The summed E-state index contributed by atoms with van der Waals surface area (Å²) < 4.78 is 7.62. The highest BCUT2D eigenvalue weighted by Gasteiger charge is 2.23. The quantitative estimate of drug-likeness (QED) is 0.637. The molecule has 0 amide bonds. The van der Waals surface area contributed by atoms with E-state index in [2.05, 4.69) is 20.9 Å². The number of hydrogen-bond donors (Lipinski definition) is 0. The van der Waals surface area contributed by atoms with Crippen LogP contribution in [-0.2, 0) is 7.05 Å². The van der Waals surface area contributed by atoms with Gasteiger partial charge in [-0.2, -0.15) is 0 Å². The first kappa shape index (κ1) is 12.8. The summed E-state index contributed by atoms with van der Waals surface area (Å²) in [5, 5.41) is 11.1. The lowest BCUT2D eigenvalue weighted by Gasteiger charge is -2.07. The standard InChI is InChI=1S/C10H7BrClN3O3/c1-14-5-13-9(15(16)17)10(14)18-8-4-6(11)2-3-7(8)12/h2-5H,1H3. The molecule has 0 N–H and O–H groups in total. The highest BCUT2D eigenvalue weighted by Crippen LogP contribution is 2.35. The van der Waals surface area contributed by atoms with Crippen molar-refractivity contribution in [1.29, 1.82) is 0 Å². The van der Waals surface area contributed by atoms with E-state index in [1.165, 1.54) is 10.9 Å². The Labute approximate surface area is 115 Å². The number of aromatic nitrogens is 2. The highest BCUT2D eigenvalue weighted by atomic mass is 79.9. The average Bonchev–Trinajstić information content (AvgIpc) is 2.66. The second-order valence-electron chi connectivity index (χ2n) is 3.42. The molecular weight excluding hydrogens is 325 g/mol. The van der Waals surface area contributed by atoms with E-state index in [9.17, 15) is 10.1 Å². The maximum absolute atomic E-state index is 10.8. The fourth-order valence-corrected chi connectivity index (χ4v) is 1.81. The Hall–Kier alpha value is -1.60. The maximum Gasteiger partial charge on any atom is 0.427 e. The number of imidazole rings is 1. The zero-order valence-corrected chi connectivity index (χ0v) is 11.5. The molecule has 0 radical (unpaired) electrons. The van der Waals surface area contributed by atoms with E-state index in [1.807, 2.05) is 0 Å². The van der Waals surface area contributed by atoms with Crippen LogP contribution in [-0.4, -0.2) is 14.5 Å². The van der Waals surface area contributed by atoms with Crippen molar-refractivity contribution in [3.05, 3.63) is 44.1 Å².